The lowest BCUT2D eigenvalue weighted by Crippen LogP contribution is -2.39. The van der Waals surface area contributed by atoms with Gasteiger partial charge in [0, 0.05) is 24.4 Å². The van der Waals surface area contributed by atoms with Crippen LogP contribution in [0, 0.1) is 13.8 Å². The summed E-state index contributed by atoms with van der Waals surface area (Å²) in [5.41, 5.74) is 7.49. The van der Waals surface area contributed by atoms with Crippen molar-refractivity contribution < 1.29 is 9.53 Å². The standard InChI is InChI=1S/C14H23N5O2S/c1-10-9-11(2)17-13(16-10)18-19-14(22)15-8-6-4-5-7-12(20)21-3/h9H,4-8H2,1-3H3,(H2,15,19,22)(H,16,17,18). The minimum Gasteiger partial charge on any atom is -0.469 e. The number of unbranched alkanes of at least 4 members (excludes halogenated alkanes) is 2. The normalized spacial score (nSPS) is 9.95. The van der Waals surface area contributed by atoms with Gasteiger partial charge >= 0.3 is 5.97 Å². The van der Waals surface area contributed by atoms with Crippen LogP contribution in [-0.2, 0) is 9.53 Å². The third-order valence-corrected chi connectivity index (χ3v) is 3.09. The molecule has 7 nitrogen and oxygen atoms in total. The van der Waals surface area contributed by atoms with Crippen molar-refractivity contribution in [3.63, 3.8) is 0 Å². The Morgan fingerprint density at radius 1 is 1.23 bits per heavy atom. The van der Waals surface area contributed by atoms with Crippen molar-refractivity contribution >= 4 is 29.2 Å². The molecular weight excluding hydrogens is 302 g/mol. The smallest absolute Gasteiger partial charge is 0.305 e. The Labute approximate surface area is 136 Å². The van der Waals surface area contributed by atoms with Gasteiger partial charge in [-0.2, -0.15) is 0 Å². The Hall–Kier alpha value is -1.96. The second-order valence-electron chi connectivity index (χ2n) is 4.87. The van der Waals surface area contributed by atoms with E-state index in [1.54, 1.807) is 0 Å². The van der Waals surface area contributed by atoms with E-state index in [0.29, 0.717) is 17.5 Å². The van der Waals surface area contributed by atoms with Crippen LogP contribution in [-0.4, -0.2) is 34.7 Å². The number of carbonyl (C=O) groups excluding carboxylic acids is 1. The fraction of sp³-hybridized carbons (Fsp3) is 0.571. The summed E-state index contributed by atoms with van der Waals surface area (Å²) in [4.78, 5) is 19.4. The number of hydrogen-bond donors (Lipinski definition) is 3. The highest BCUT2D eigenvalue weighted by molar-refractivity contribution is 7.80. The van der Waals surface area contributed by atoms with Gasteiger partial charge in [-0.05, 0) is 45.0 Å². The first-order chi connectivity index (χ1) is 10.5. The van der Waals surface area contributed by atoms with Gasteiger partial charge in [0.1, 0.15) is 0 Å². The van der Waals surface area contributed by atoms with Gasteiger partial charge in [0.25, 0.3) is 0 Å². The summed E-state index contributed by atoms with van der Waals surface area (Å²) in [7, 11) is 1.40. The zero-order valence-corrected chi connectivity index (χ0v) is 14.0. The Bertz CT molecular complexity index is 490. The van der Waals surface area contributed by atoms with Crippen LogP contribution < -0.4 is 16.2 Å². The second kappa shape index (κ2) is 9.88. The molecule has 0 bridgehead atoms. The van der Waals surface area contributed by atoms with Gasteiger partial charge in [-0.3, -0.25) is 15.6 Å². The highest BCUT2D eigenvalue weighted by Gasteiger charge is 2.01. The molecule has 0 saturated carbocycles. The molecule has 1 rings (SSSR count). The summed E-state index contributed by atoms with van der Waals surface area (Å²) in [5.74, 6) is 0.322. The number of carbonyl (C=O) groups is 1. The zero-order chi connectivity index (χ0) is 16.4. The number of hydrogen-bond acceptors (Lipinski definition) is 6. The van der Waals surface area contributed by atoms with Crippen LogP contribution in [0.2, 0.25) is 0 Å². The Morgan fingerprint density at radius 3 is 2.55 bits per heavy atom. The molecule has 1 heterocycles. The van der Waals surface area contributed by atoms with E-state index in [2.05, 4.69) is 30.9 Å². The third-order valence-electron chi connectivity index (χ3n) is 2.84. The van der Waals surface area contributed by atoms with Gasteiger partial charge in [-0.1, -0.05) is 6.42 Å². The van der Waals surface area contributed by atoms with E-state index in [9.17, 15) is 4.79 Å². The number of ether oxygens (including phenoxy) is 1. The van der Waals surface area contributed by atoms with Gasteiger partial charge < -0.3 is 10.1 Å². The number of hydrazine groups is 1. The molecule has 0 aliphatic carbocycles. The van der Waals surface area contributed by atoms with E-state index in [1.165, 1.54) is 7.11 Å². The van der Waals surface area contributed by atoms with Crippen LogP contribution >= 0.6 is 12.2 Å². The van der Waals surface area contributed by atoms with E-state index >= 15 is 0 Å². The molecule has 122 valence electrons. The van der Waals surface area contributed by atoms with Crippen molar-refractivity contribution in [3.8, 4) is 0 Å². The SMILES string of the molecule is COC(=O)CCCCCNC(=S)NNc1nc(C)cc(C)n1. The second-order valence-corrected chi connectivity index (χ2v) is 5.28. The lowest BCUT2D eigenvalue weighted by molar-refractivity contribution is -0.140. The zero-order valence-electron chi connectivity index (χ0n) is 13.2. The van der Waals surface area contributed by atoms with Crippen LogP contribution in [0.4, 0.5) is 5.95 Å². The van der Waals surface area contributed by atoms with Gasteiger partial charge in [0.15, 0.2) is 5.11 Å². The molecule has 0 unspecified atom stereocenters. The van der Waals surface area contributed by atoms with E-state index in [0.717, 1.165) is 37.2 Å². The summed E-state index contributed by atoms with van der Waals surface area (Å²) in [6, 6.07) is 1.90. The quantitative estimate of drug-likeness (QED) is 0.288. The van der Waals surface area contributed by atoms with Gasteiger partial charge in [-0.15, -0.1) is 0 Å². The highest BCUT2D eigenvalue weighted by Crippen LogP contribution is 2.02. The van der Waals surface area contributed by atoms with Crippen molar-refractivity contribution in [1.82, 2.24) is 20.7 Å². The predicted molar refractivity (Wildman–Crippen MR) is 89.3 cm³/mol. The molecule has 0 aliphatic rings. The number of aromatic nitrogens is 2. The Morgan fingerprint density at radius 2 is 1.91 bits per heavy atom. The molecule has 1 aromatic rings. The molecule has 3 N–H and O–H groups in total. The lowest BCUT2D eigenvalue weighted by atomic mass is 10.2. The largest absolute Gasteiger partial charge is 0.469 e. The minimum atomic E-state index is -0.164. The van der Waals surface area contributed by atoms with E-state index in [1.807, 2.05) is 19.9 Å². The van der Waals surface area contributed by atoms with E-state index in [-0.39, 0.29) is 5.97 Å². The summed E-state index contributed by atoms with van der Waals surface area (Å²) in [6.45, 7) is 4.55. The fourth-order valence-corrected chi connectivity index (χ4v) is 1.97. The van der Waals surface area contributed by atoms with Crippen molar-refractivity contribution in [1.29, 1.82) is 0 Å². The number of esters is 1. The van der Waals surface area contributed by atoms with E-state index < -0.39 is 0 Å². The molecule has 0 aliphatic heterocycles. The summed E-state index contributed by atoms with van der Waals surface area (Å²) in [6.07, 6.45) is 3.16. The topological polar surface area (TPSA) is 88.2 Å². The average Bonchev–Trinajstić information content (AvgIpc) is 2.47. The molecule has 0 atom stereocenters. The monoisotopic (exact) mass is 325 g/mol. The predicted octanol–water partition coefficient (Wildman–Crippen LogP) is 1.62. The number of nitrogens with one attached hydrogen (secondary N) is 3. The van der Waals surface area contributed by atoms with Crippen LogP contribution in [0.1, 0.15) is 37.1 Å². The first-order valence-corrected chi connectivity index (χ1v) is 7.61. The third kappa shape index (κ3) is 7.72. The van der Waals surface area contributed by atoms with Crippen LogP contribution in [0.15, 0.2) is 6.07 Å². The average molecular weight is 325 g/mol. The van der Waals surface area contributed by atoms with Crippen molar-refractivity contribution in [2.45, 2.75) is 39.5 Å². The summed E-state index contributed by atoms with van der Waals surface area (Å²) < 4.78 is 4.58. The highest BCUT2D eigenvalue weighted by atomic mass is 32.1. The maximum Gasteiger partial charge on any atom is 0.305 e. The number of thiocarbonyl (C=S) groups is 1. The number of aryl methyl sites for hydroxylation is 2. The van der Waals surface area contributed by atoms with Gasteiger partial charge in [0.05, 0.1) is 7.11 Å². The van der Waals surface area contributed by atoms with Crippen LogP contribution in [0.3, 0.4) is 0 Å². The molecular formula is C14H23N5O2S. The molecule has 22 heavy (non-hydrogen) atoms. The molecule has 1 aromatic heterocycles. The molecule has 0 aromatic carbocycles. The minimum absolute atomic E-state index is 0.164. The number of anilines is 1. The Balaban J connectivity index is 2.12. The summed E-state index contributed by atoms with van der Waals surface area (Å²) >= 11 is 5.14. The summed E-state index contributed by atoms with van der Waals surface area (Å²) in [5, 5.41) is 3.55. The first kappa shape index (κ1) is 18.1. The maximum absolute atomic E-state index is 10.9. The number of nitrogens with zero attached hydrogens (tertiary/aromatic N) is 2. The maximum atomic E-state index is 10.9. The molecule has 8 heteroatoms. The van der Waals surface area contributed by atoms with Crippen LogP contribution in [0.25, 0.3) is 0 Å². The van der Waals surface area contributed by atoms with Gasteiger partial charge in [-0.25, -0.2) is 9.97 Å². The van der Waals surface area contributed by atoms with Crippen molar-refractivity contribution in [3.05, 3.63) is 17.5 Å². The molecule has 0 fully saturated rings. The number of rotatable bonds is 8. The van der Waals surface area contributed by atoms with Crippen molar-refractivity contribution in [2.75, 3.05) is 19.1 Å². The first-order valence-electron chi connectivity index (χ1n) is 7.20. The molecule has 0 spiro atoms. The lowest BCUT2D eigenvalue weighted by Gasteiger charge is -2.12. The molecule has 0 saturated heterocycles. The molecule has 0 amide bonds. The Kier molecular flexibility index (Phi) is 8.13. The number of methoxy groups -OCH3 is 1. The van der Waals surface area contributed by atoms with Gasteiger partial charge in [0.2, 0.25) is 5.95 Å². The van der Waals surface area contributed by atoms with Crippen molar-refractivity contribution in [2.24, 2.45) is 0 Å². The van der Waals surface area contributed by atoms with Crippen LogP contribution in [0.5, 0.6) is 0 Å². The molecule has 0 radical (unpaired) electrons. The van der Waals surface area contributed by atoms with E-state index in [4.69, 9.17) is 12.2 Å². The fourth-order valence-electron chi connectivity index (χ4n) is 1.81.